The van der Waals surface area contributed by atoms with Gasteiger partial charge in [0.2, 0.25) is 0 Å². The maximum Gasteiger partial charge on any atom is 0.124 e. The van der Waals surface area contributed by atoms with Crippen LogP contribution in [0.2, 0.25) is 0 Å². The van der Waals surface area contributed by atoms with Gasteiger partial charge in [0.1, 0.15) is 5.75 Å². The molecule has 6 heteroatoms. The molecule has 1 saturated heterocycles. The van der Waals surface area contributed by atoms with Crippen molar-refractivity contribution in [2.45, 2.75) is 66.0 Å². The largest absolute Gasteiger partial charge is 0.496 e. The van der Waals surface area contributed by atoms with Crippen LogP contribution in [0.3, 0.4) is 0 Å². The minimum atomic E-state index is 0.558. The van der Waals surface area contributed by atoms with E-state index in [4.69, 9.17) is 15.5 Å². The number of methoxy groups -OCH3 is 1. The second-order valence-corrected chi connectivity index (χ2v) is 9.12. The molecule has 0 atom stereocenters. The quantitative estimate of drug-likeness (QED) is 0.171. The van der Waals surface area contributed by atoms with Crippen molar-refractivity contribution in [1.29, 1.82) is 0 Å². The van der Waals surface area contributed by atoms with Gasteiger partial charge in [-0.3, -0.25) is 4.90 Å². The van der Waals surface area contributed by atoms with E-state index in [1.54, 1.807) is 7.11 Å². The number of amidine groups is 1. The Morgan fingerprint density at radius 3 is 2.56 bits per heavy atom. The first kappa shape index (κ1) is 27.7. The molecule has 0 amide bonds. The summed E-state index contributed by atoms with van der Waals surface area (Å²) < 4.78 is 5.80. The van der Waals surface area contributed by atoms with Gasteiger partial charge < -0.3 is 20.7 Å². The molecule has 1 aliphatic rings. The zero-order valence-corrected chi connectivity index (χ0v) is 21.8. The fraction of sp³-hybridized carbons (Fsp3) is 0.536. The molecule has 188 valence electrons. The van der Waals surface area contributed by atoms with E-state index in [2.05, 4.69) is 53.4 Å². The lowest BCUT2D eigenvalue weighted by molar-refractivity contribution is 0.233. The molecule has 3 N–H and O–H groups in total. The second kappa shape index (κ2) is 14.6. The standard InChI is InChI=1S/C28H45N5O/c1-7-9-10-11-12-26(31-23(5)29)28(22(3)4)33(8-2)21-25-14-13-24(19-27(25)34-6)20-32-17-15-30-16-18-32/h8,13-14,19,30H,2-3,7,9-12,15-18,20-21H2,1,4-6H3,(H2,29,31)/b28-26+. The summed E-state index contributed by atoms with van der Waals surface area (Å²) in [7, 11) is 1.74. The van der Waals surface area contributed by atoms with Crippen LogP contribution < -0.4 is 15.8 Å². The van der Waals surface area contributed by atoms with E-state index >= 15 is 0 Å². The molecule has 1 aliphatic heterocycles. The molecule has 0 aliphatic carbocycles. The zero-order valence-electron chi connectivity index (χ0n) is 21.8. The third-order valence-corrected chi connectivity index (χ3v) is 6.07. The van der Waals surface area contributed by atoms with Crippen LogP contribution in [-0.2, 0) is 13.1 Å². The molecule has 0 radical (unpaired) electrons. The molecule has 1 aromatic rings. The van der Waals surface area contributed by atoms with E-state index in [1.165, 1.54) is 24.8 Å². The van der Waals surface area contributed by atoms with E-state index < -0.39 is 0 Å². The zero-order chi connectivity index (χ0) is 24.9. The Morgan fingerprint density at radius 1 is 1.24 bits per heavy atom. The molecule has 34 heavy (non-hydrogen) atoms. The third-order valence-electron chi connectivity index (χ3n) is 6.07. The summed E-state index contributed by atoms with van der Waals surface area (Å²) in [4.78, 5) is 9.31. The van der Waals surface area contributed by atoms with Crippen molar-refractivity contribution in [3.8, 4) is 5.75 Å². The van der Waals surface area contributed by atoms with Crippen LogP contribution in [0.4, 0.5) is 0 Å². The van der Waals surface area contributed by atoms with Crippen LogP contribution >= 0.6 is 0 Å². The molecule has 6 nitrogen and oxygen atoms in total. The number of aliphatic imine (C=N–C) groups is 1. The highest BCUT2D eigenvalue weighted by molar-refractivity contribution is 5.78. The highest BCUT2D eigenvalue weighted by Gasteiger charge is 2.17. The fourth-order valence-electron chi connectivity index (χ4n) is 4.38. The summed E-state index contributed by atoms with van der Waals surface area (Å²) in [5.41, 5.74) is 11.3. The number of hydrogen-bond donors (Lipinski definition) is 2. The first-order valence-electron chi connectivity index (χ1n) is 12.6. The van der Waals surface area contributed by atoms with Gasteiger partial charge in [-0.1, -0.05) is 51.5 Å². The third kappa shape index (κ3) is 8.65. The predicted molar refractivity (Wildman–Crippen MR) is 145 cm³/mol. The fourth-order valence-corrected chi connectivity index (χ4v) is 4.38. The van der Waals surface area contributed by atoms with Crippen molar-refractivity contribution >= 4 is 5.84 Å². The Labute approximate surface area is 207 Å². The lowest BCUT2D eigenvalue weighted by Crippen LogP contribution is -2.42. The number of allylic oxidation sites excluding steroid dienone is 2. The van der Waals surface area contributed by atoms with E-state index in [0.717, 1.165) is 73.8 Å². The number of piperazine rings is 1. The van der Waals surface area contributed by atoms with E-state index in [1.807, 2.05) is 20.0 Å². The highest BCUT2D eigenvalue weighted by atomic mass is 16.5. The maximum atomic E-state index is 6.01. The number of nitrogens with one attached hydrogen (secondary N) is 1. The molecule has 2 rings (SSSR count). The van der Waals surface area contributed by atoms with Gasteiger partial charge in [-0.2, -0.15) is 0 Å². The smallest absolute Gasteiger partial charge is 0.124 e. The molecule has 0 saturated carbocycles. The van der Waals surface area contributed by atoms with Gasteiger partial charge in [0.15, 0.2) is 0 Å². The molecular formula is C28H45N5O. The van der Waals surface area contributed by atoms with Gasteiger partial charge in [0.05, 0.1) is 30.9 Å². The summed E-state index contributed by atoms with van der Waals surface area (Å²) in [5.74, 6) is 1.45. The lowest BCUT2D eigenvalue weighted by atomic mass is 10.0. The topological polar surface area (TPSA) is 66.1 Å². The minimum absolute atomic E-state index is 0.558. The van der Waals surface area contributed by atoms with Gasteiger partial charge in [-0.15, -0.1) is 0 Å². The van der Waals surface area contributed by atoms with Gasteiger partial charge in [0, 0.05) is 38.3 Å². The van der Waals surface area contributed by atoms with Crippen LogP contribution in [-0.4, -0.2) is 48.9 Å². The van der Waals surface area contributed by atoms with Gasteiger partial charge >= 0.3 is 0 Å². The van der Waals surface area contributed by atoms with E-state index in [0.29, 0.717) is 12.4 Å². The van der Waals surface area contributed by atoms with Crippen molar-refractivity contribution in [2.75, 3.05) is 33.3 Å². The van der Waals surface area contributed by atoms with Crippen LogP contribution in [0.1, 0.15) is 64.0 Å². The monoisotopic (exact) mass is 467 g/mol. The van der Waals surface area contributed by atoms with Crippen LogP contribution in [0.25, 0.3) is 0 Å². The van der Waals surface area contributed by atoms with Crippen molar-refractivity contribution < 1.29 is 4.74 Å². The molecule has 0 aromatic heterocycles. The second-order valence-electron chi connectivity index (χ2n) is 9.12. The number of rotatable bonds is 14. The predicted octanol–water partition coefficient (Wildman–Crippen LogP) is 5.18. The SMILES string of the molecule is C=CN(Cc1ccc(CN2CCNCC2)cc1OC)/C(C(=C)C)=C(\CCCCCC)N=C(C)N. The number of ether oxygens (including phenoxy) is 1. The van der Waals surface area contributed by atoms with Crippen LogP contribution in [0.5, 0.6) is 5.75 Å². The maximum absolute atomic E-state index is 6.01. The Kier molecular flexibility index (Phi) is 11.9. The first-order valence-corrected chi connectivity index (χ1v) is 12.6. The first-order chi connectivity index (χ1) is 16.4. The summed E-state index contributed by atoms with van der Waals surface area (Å²) in [6.45, 7) is 20.2. The van der Waals surface area contributed by atoms with E-state index in [9.17, 15) is 0 Å². The van der Waals surface area contributed by atoms with Gasteiger partial charge in [0.25, 0.3) is 0 Å². The summed E-state index contributed by atoms with van der Waals surface area (Å²) >= 11 is 0. The Morgan fingerprint density at radius 2 is 1.97 bits per heavy atom. The normalized spacial score (nSPS) is 15.6. The number of nitrogens with zero attached hydrogens (tertiary/aromatic N) is 3. The molecule has 1 aromatic carbocycles. The van der Waals surface area contributed by atoms with Crippen molar-refractivity contribution in [1.82, 2.24) is 15.1 Å². The molecule has 0 bridgehead atoms. The molecule has 1 fully saturated rings. The average Bonchev–Trinajstić information content (AvgIpc) is 2.82. The molecule has 0 unspecified atom stereocenters. The summed E-state index contributed by atoms with van der Waals surface area (Å²) in [5, 5.41) is 3.41. The van der Waals surface area contributed by atoms with Crippen molar-refractivity contribution in [3.05, 3.63) is 65.7 Å². The Bertz CT molecular complexity index is 864. The van der Waals surface area contributed by atoms with Crippen LogP contribution in [0, 0.1) is 0 Å². The van der Waals surface area contributed by atoms with E-state index in [-0.39, 0.29) is 0 Å². The van der Waals surface area contributed by atoms with Gasteiger partial charge in [-0.05, 0) is 50.1 Å². The summed E-state index contributed by atoms with van der Waals surface area (Å²) in [6.07, 6.45) is 7.40. The number of hydrogen-bond acceptors (Lipinski definition) is 5. The molecular weight excluding hydrogens is 422 g/mol. The molecule has 1 heterocycles. The van der Waals surface area contributed by atoms with Crippen LogP contribution in [0.15, 0.2) is 59.5 Å². The highest BCUT2D eigenvalue weighted by Crippen LogP contribution is 2.29. The minimum Gasteiger partial charge on any atom is -0.496 e. The van der Waals surface area contributed by atoms with Gasteiger partial charge in [-0.25, -0.2) is 4.99 Å². The van der Waals surface area contributed by atoms with Crippen molar-refractivity contribution in [3.63, 3.8) is 0 Å². The number of benzene rings is 1. The number of unbranched alkanes of at least 4 members (excludes halogenated alkanes) is 3. The Balaban J connectivity index is 2.30. The summed E-state index contributed by atoms with van der Waals surface area (Å²) in [6, 6.07) is 6.54. The number of nitrogens with two attached hydrogens (primary N) is 1. The lowest BCUT2D eigenvalue weighted by Gasteiger charge is -2.28. The Hall–Kier alpha value is -2.57. The molecule has 0 spiro atoms. The average molecular weight is 468 g/mol. The van der Waals surface area contributed by atoms with Crippen molar-refractivity contribution in [2.24, 2.45) is 10.7 Å².